The predicted molar refractivity (Wildman–Crippen MR) is 112 cm³/mol. The highest BCUT2D eigenvalue weighted by Gasteiger charge is 2.24. The minimum Gasteiger partial charge on any atom is -0.382 e. The zero-order chi connectivity index (χ0) is 17.6. The molecule has 0 bridgehead atoms. The summed E-state index contributed by atoms with van der Waals surface area (Å²) >= 11 is 3.66. The fourth-order valence-corrected chi connectivity index (χ4v) is 5.16. The van der Waals surface area contributed by atoms with Crippen molar-refractivity contribution in [3.8, 4) is 0 Å². The Morgan fingerprint density at radius 3 is 2.84 bits per heavy atom. The predicted octanol–water partition coefficient (Wildman–Crippen LogP) is 6.17. The average molecular weight is 373 g/mol. The van der Waals surface area contributed by atoms with E-state index in [9.17, 15) is 0 Å². The van der Waals surface area contributed by atoms with E-state index in [4.69, 9.17) is 5.41 Å². The van der Waals surface area contributed by atoms with Crippen LogP contribution in [-0.4, -0.2) is 17.5 Å². The number of nitrogens with one attached hydrogen (secondary N) is 2. The van der Waals surface area contributed by atoms with E-state index in [0.717, 1.165) is 42.0 Å². The second-order valence-corrected chi connectivity index (χ2v) is 9.31. The first-order valence-corrected chi connectivity index (χ1v) is 11.1. The summed E-state index contributed by atoms with van der Waals surface area (Å²) in [6, 6.07) is 2.45. The fraction of sp³-hybridized carbons (Fsp3) is 0.476. The molecule has 2 N–H and O–H groups in total. The summed E-state index contributed by atoms with van der Waals surface area (Å²) in [5.41, 5.74) is 4.32. The molecule has 0 spiro atoms. The Balaban J connectivity index is 0.000000549. The van der Waals surface area contributed by atoms with Crippen LogP contribution in [0.2, 0.25) is 0 Å². The minimum absolute atomic E-state index is 0.285. The lowest BCUT2D eigenvalue weighted by atomic mass is 9.91. The van der Waals surface area contributed by atoms with Gasteiger partial charge in [0.15, 0.2) is 0 Å². The Morgan fingerprint density at radius 1 is 1.36 bits per heavy atom. The normalized spacial score (nSPS) is 24.4. The highest BCUT2D eigenvalue weighted by Crippen LogP contribution is 2.36. The van der Waals surface area contributed by atoms with E-state index in [1.54, 1.807) is 11.3 Å². The summed E-state index contributed by atoms with van der Waals surface area (Å²) < 4.78 is 1.31. The molecule has 2 heterocycles. The van der Waals surface area contributed by atoms with Crippen molar-refractivity contribution in [2.45, 2.75) is 55.7 Å². The topological polar surface area (TPSA) is 35.9 Å². The SMILES string of the molecule is C1CC1.C=C(CC1CCSc2sccc2C1=N)NC1C=CC(C)=CC1. The van der Waals surface area contributed by atoms with Gasteiger partial charge in [0.05, 0.1) is 4.21 Å². The molecule has 0 saturated heterocycles. The van der Waals surface area contributed by atoms with Crippen molar-refractivity contribution in [3.05, 3.63) is 53.1 Å². The van der Waals surface area contributed by atoms with Gasteiger partial charge in [-0.1, -0.05) is 49.6 Å². The van der Waals surface area contributed by atoms with E-state index in [1.165, 1.54) is 29.0 Å². The van der Waals surface area contributed by atoms with Crippen molar-refractivity contribution in [3.63, 3.8) is 0 Å². The van der Waals surface area contributed by atoms with Gasteiger partial charge in [0.25, 0.3) is 0 Å². The molecule has 25 heavy (non-hydrogen) atoms. The van der Waals surface area contributed by atoms with Crippen LogP contribution in [0.4, 0.5) is 0 Å². The molecule has 1 aliphatic heterocycles. The maximum atomic E-state index is 8.52. The highest BCUT2D eigenvalue weighted by atomic mass is 32.2. The number of thiophene rings is 1. The third-order valence-electron chi connectivity index (χ3n) is 4.55. The van der Waals surface area contributed by atoms with Crippen LogP contribution in [-0.2, 0) is 0 Å². The molecule has 1 aromatic rings. The number of rotatable bonds is 4. The minimum atomic E-state index is 0.285. The lowest BCUT2D eigenvalue weighted by Gasteiger charge is -2.23. The second-order valence-electron chi connectivity index (χ2n) is 7.03. The van der Waals surface area contributed by atoms with E-state index < -0.39 is 0 Å². The first-order chi connectivity index (χ1) is 12.1. The number of hydrogen-bond donors (Lipinski definition) is 2. The molecule has 0 radical (unpaired) electrons. The third-order valence-corrected chi connectivity index (χ3v) is 6.82. The third kappa shape index (κ3) is 5.61. The van der Waals surface area contributed by atoms with Crippen LogP contribution in [0.15, 0.2) is 51.7 Å². The summed E-state index contributed by atoms with van der Waals surface area (Å²) in [5.74, 6) is 1.38. The molecule has 1 aromatic heterocycles. The van der Waals surface area contributed by atoms with E-state index in [0.29, 0.717) is 6.04 Å². The lowest BCUT2D eigenvalue weighted by molar-refractivity contribution is 0.587. The molecular weight excluding hydrogens is 344 g/mol. The Bertz CT molecular complexity index is 679. The van der Waals surface area contributed by atoms with Crippen LogP contribution in [0.3, 0.4) is 0 Å². The average Bonchev–Trinajstić information content (AvgIpc) is 3.42. The summed E-state index contributed by atoms with van der Waals surface area (Å²) in [6.45, 7) is 6.33. The largest absolute Gasteiger partial charge is 0.382 e. The fourth-order valence-electron chi connectivity index (χ4n) is 2.92. The van der Waals surface area contributed by atoms with Crippen molar-refractivity contribution < 1.29 is 0 Å². The van der Waals surface area contributed by atoms with Gasteiger partial charge in [0.2, 0.25) is 0 Å². The van der Waals surface area contributed by atoms with Crippen LogP contribution in [0.1, 0.15) is 51.0 Å². The van der Waals surface area contributed by atoms with E-state index in [-0.39, 0.29) is 5.92 Å². The zero-order valence-corrected chi connectivity index (χ0v) is 16.6. The van der Waals surface area contributed by atoms with Crippen LogP contribution in [0.5, 0.6) is 0 Å². The summed E-state index contributed by atoms with van der Waals surface area (Å²) in [6.07, 6.45) is 14.1. The smallest absolute Gasteiger partial charge is 0.0689 e. The molecule has 1 saturated carbocycles. The molecule has 2 unspecified atom stereocenters. The quantitative estimate of drug-likeness (QED) is 0.663. The molecule has 0 amide bonds. The first kappa shape index (κ1) is 18.5. The molecule has 3 aliphatic rings. The van der Waals surface area contributed by atoms with Gasteiger partial charge in [-0.3, -0.25) is 0 Å². The van der Waals surface area contributed by atoms with E-state index >= 15 is 0 Å². The molecule has 134 valence electrons. The number of thioether (sulfide) groups is 1. The lowest BCUT2D eigenvalue weighted by Crippen LogP contribution is -2.29. The maximum absolute atomic E-state index is 8.52. The molecule has 2 nitrogen and oxygen atoms in total. The Hall–Kier alpha value is -1.26. The molecule has 0 aromatic carbocycles. The van der Waals surface area contributed by atoms with Gasteiger partial charge in [-0.25, -0.2) is 0 Å². The van der Waals surface area contributed by atoms with Gasteiger partial charge in [-0.15, -0.1) is 23.1 Å². The molecular formula is C21H28N2S2. The van der Waals surface area contributed by atoms with Gasteiger partial charge in [0, 0.05) is 28.9 Å². The standard InChI is InChI=1S/C18H22N2S2.C3H6/c1-12-3-5-15(6-4-12)20-13(2)11-14-7-9-21-18-16(17(14)19)8-10-22-18;1-2-3-1/h3-5,8,10,14-15,19-20H,2,6-7,9,11H2,1H3;1-3H2. The van der Waals surface area contributed by atoms with Crippen LogP contribution < -0.4 is 5.32 Å². The number of allylic oxidation sites excluding steroid dienone is 3. The Labute approximate surface area is 160 Å². The van der Waals surface area contributed by atoms with Crippen LogP contribution in [0, 0.1) is 11.3 Å². The van der Waals surface area contributed by atoms with Crippen molar-refractivity contribution in [1.82, 2.24) is 5.32 Å². The van der Waals surface area contributed by atoms with Crippen molar-refractivity contribution in [2.24, 2.45) is 5.92 Å². The van der Waals surface area contributed by atoms with Crippen molar-refractivity contribution in [2.75, 3.05) is 5.75 Å². The van der Waals surface area contributed by atoms with Crippen molar-refractivity contribution in [1.29, 1.82) is 5.41 Å². The van der Waals surface area contributed by atoms with Crippen LogP contribution >= 0.6 is 23.1 Å². The monoisotopic (exact) mass is 372 g/mol. The van der Waals surface area contributed by atoms with Gasteiger partial charge in [0.1, 0.15) is 0 Å². The van der Waals surface area contributed by atoms with Crippen LogP contribution in [0.25, 0.3) is 0 Å². The molecule has 4 heteroatoms. The maximum Gasteiger partial charge on any atom is 0.0689 e. The number of hydrogen-bond acceptors (Lipinski definition) is 4. The van der Waals surface area contributed by atoms with E-state index in [2.05, 4.69) is 48.5 Å². The van der Waals surface area contributed by atoms with Gasteiger partial charge in [-0.2, -0.15) is 0 Å². The van der Waals surface area contributed by atoms with Gasteiger partial charge >= 0.3 is 0 Å². The molecule has 4 rings (SSSR count). The zero-order valence-electron chi connectivity index (χ0n) is 15.0. The Morgan fingerprint density at radius 2 is 2.16 bits per heavy atom. The molecule has 1 fully saturated rings. The second kappa shape index (κ2) is 8.91. The van der Waals surface area contributed by atoms with Gasteiger partial charge in [-0.05, 0) is 43.4 Å². The summed E-state index contributed by atoms with van der Waals surface area (Å²) in [7, 11) is 0. The van der Waals surface area contributed by atoms with Gasteiger partial charge < -0.3 is 10.7 Å². The number of fused-ring (bicyclic) bond motifs is 1. The molecule has 2 aliphatic carbocycles. The summed E-state index contributed by atoms with van der Waals surface area (Å²) in [4.78, 5) is 0. The van der Waals surface area contributed by atoms with E-state index in [1.807, 2.05) is 11.8 Å². The Kier molecular flexibility index (Phi) is 6.60. The van der Waals surface area contributed by atoms with Crippen molar-refractivity contribution >= 4 is 28.8 Å². The molecule has 2 atom stereocenters. The highest BCUT2D eigenvalue weighted by molar-refractivity contribution is 8.01. The first-order valence-electron chi connectivity index (χ1n) is 9.22. The summed E-state index contributed by atoms with van der Waals surface area (Å²) in [5, 5.41) is 14.1.